The molecule has 0 saturated heterocycles. The second-order valence-corrected chi connectivity index (χ2v) is 4.46. The molecule has 0 unspecified atom stereocenters. The van der Waals surface area contributed by atoms with Crippen LogP contribution < -0.4 is 0 Å². The van der Waals surface area contributed by atoms with Gasteiger partial charge in [0.25, 0.3) is 5.91 Å². The second-order valence-electron chi connectivity index (χ2n) is 4.46. The van der Waals surface area contributed by atoms with E-state index in [4.69, 9.17) is 5.11 Å². The number of aromatic nitrogens is 2. The highest BCUT2D eigenvalue weighted by atomic mass is 16.3. The summed E-state index contributed by atoms with van der Waals surface area (Å²) in [5, 5.41) is 13.2. The zero-order chi connectivity index (χ0) is 13.7. The maximum Gasteiger partial charge on any atom is 0.257 e. The van der Waals surface area contributed by atoms with Crippen molar-refractivity contribution >= 4 is 5.91 Å². The molecule has 0 spiro atoms. The van der Waals surface area contributed by atoms with Crippen LogP contribution in [0.5, 0.6) is 0 Å². The monoisotopic (exact) mass is 253 g/mol. The zero-order valence-corrected chi connectivity index (χ0v) is 11.7. The summed E-state index contributed by atoms with van der Waals surface area (Å²) in [6.07, 6.45) is 3.38. The summed E-state index contributed by atoms with van der Waals surface area (Å²) in [7, 11) is 1.82. The van der Waals surface area contributed by atoms with Crippen LogP contribution in [0.25, 0.3) is 0 Å². The van der Waals surface area contributed by atoms with Crippen molar-refractivity contribution in [2.45, 2.75) is 39.7 Å². The van der Waals surface area contributed by atoms with Crippen LogP contribution in [0.4, 0.5) is 0 Å². The van der Waals surface area contributed by atoms with E-state index >= 15 is 0 Å². The molecule has 5 heteroatoms. The Balaban J connectivity index is 2.99. The van der Waals surface area contributed by atoms with Gasteiger partial charge in [0.15, 0.2) is 0 Å². The van der Waals surface area contributed by atoms with Gasteiger partial charge in [0.05, 0.1) is 18.4 Å². The molecule has 0 radical (unpaired) electrons. The smallest absolute Gasteiger partial charge is 0.257 e. The Morgan fingerprint density at radius 3 is 2.50 bits per heavy atom. The molecule has 0 aliphatic heterocycles. The summed E-state index contributed by atoms with van der Waals surface area (Å²) in [6, 6.07) is 0.171. The molecule has 102 valence electrons. The third-order valence-corrected chi connectivity index (χ3v) is 3.45. The number of aliphatic hydroxyl groups excluding tert-OH is 1. The van der Waals surface area contributed by atoms with Crippen LogP contribution in [0.1, 0.15) is 42.7 Å². The highest BCUT2D eigenvalue weighted by molar-refractivity contribution is 5.95. The van der Waals surface area contributed by atoms with Crippen LogP contribution in [0.15, 0.2) is 6.20 Å². The third kappa shape index (κ3) is 2.90. The van der Waals surface area contributed by atoms with Crippen LogP contribution in [0.3, 0.4) is 0 Å². The van der Waals surface area contributed by atoms with Gasteiger partial charge in [0.2, 0.25) is 0 Å². The van der Waals surface area contributed by atoms with Crippen molar-refractivity contribution < 1.29 is 9.90 Å². The molecule has 5 nitrogen and oxygen atoms in total. The van der Waals surface area contributed by atoms with Crippen LogP contribution in [-0.2, 0) is 7.05 Å². The lowest BCUT2D eigenvalue weighted by atomic mass is 10.1. The summed E-state index contributed by atoms with van der Waals surface area (Å²) < 4.78 is 1.69. The summed E-state index contributed by atoms with van der Waals surface area (Å²) in [5.74, 6) is -0.0386. The molecule has 1 aromatic rings. The van der Waals surface area contributed by atoms with Crippen LogP contribution in [0, 0.1) is 6.92 Å². The van der Waals surface area contributed by atoms with E-state index in [2.05, 4.69) is 18.9 Å². The molecular weight excluding hydrogens is 230 g/mol. The first-order valence-electron chi connectivity index (χ1n) is 6.47. The summed E-state index contributed by atoms with van der Waals surface area (Å²) in [6.45, 7) is 6.36. The summed E-state index contributed by atoms with van der Waals surface area (Å²) in [5.41, 5.74) is 1.48. The first-order chi connectivity index (χ1) is 8.56. The highest BCUT2D eigenvalue weighted by Gasteiger charge is 2.24. The van der Waals surface area contributed by atoms with Crippen LogP contribution in [-0.4, -0.2) is 44.9 Å². The predicted molar refractivity (Wildman–Crippen MR) is 70.4 cm³/mol. The van der Waals surface area contributed by atoms with Crippen molar-refractivity contribution in [2.75, 3.05) is 13.2 Å². The maximum atomic E-state index is 12.5. The minimum Gasteiger partial charge on any atom is -0.395 e. The SMILES string of the molecule is CCC(CC)N(CCO)C(=O)c1cnn(C)c1C. The van der Waals surface area contributed by atoms with E-state index in [0.29, 0.717) is 12.1 Å². The fraction of sp³-hybridized carbons (Fsp3) is 0.692. The van der Waals surface area contributed by atoms with Gasteiger partial charge in [-0.05, 0) is 19.8 Å². The molecule has 0 saturated carbocycles. The van der Waals surface area contributed by atoms with E-state index in [-0.39, 0.29) is 18.6 Å². The molecule has 1 aromatic heterocycles. The average Bonchev–Trinajstić information content (AvgIpc) is 2.69. The highest BCUT2D eigenvalue weighted by Crippen LogP contribution is 2.15. The van der Waals surface area contributed by atoms with Crippen molar-refractivity contribution in [3.05, 3.63) is 17.5 Å². The number of carbonyl (C=O) groups excluding carboxylic acids is 1. The molecule has 0 aromatic carbocycles. The molecule has 1 N–H and O–H groups in total. The van der Waals surface area contributed by atoms with Gasteiger partial charge in [0, 0.05) is 25.3 Å². The Labute approximate surface area is 108 Å². The molecular formula is C13H23N3O2. The van der Waals surface area contributed by atoms with Gasteiger partial charge < -0.3 is 10.0 Å². The first-order valence-corrected chi connectivity index (χ1v) is 6.47. The fourth-order valence-electron chi connectivity index (χ4n) is 2.15. The van der Waals surface area contributed by atoms with Gasteiger partial charge >= 0.3 is 0 Å². The Bertz CT molecular complexity index is 397. The van der Waals surface area contributed by atoms with Gasteiger partial charge in [-0.3, -0.25) is 9.48 Å². The number of hydrogen-bond acceptors (Lipinski definition) is 3. The zero-order valence-electron chi connectivity index (χ0n) is 11.7. The van der Waals surface area contributed by atoms with Crippen molar-refractivity contribution in [3.63, 3.8) is 0 Å². The number of amides is 1. The number of aryl methyl sites for hydroxylation is 1. The number of aliphatic hydroxyl groups is 1. The van der Waals surface area contributed by atoms with Crippen molar-refractivity contribution in [3.8, 4) is 0 Å². The number of nitrogens with zero attached hydrogens (tertiary/aromatic N) is 3. The van der Waals surface area contributed by atoms with E-state index in [1.54, 1.807) is 15.8 Å². The normalized spacial score (nSPS) is 11.0. The first kappa shape index (κ1) is 14.7. The number of carbonyl (C=O) groups is 1. The van der Waals surface area contributed by atoms with Crippen molar-refractivity contribution in [1.29, 1.82) is 0 Å². The summed E-state index contributed by atoms with van der Waals surface area (Å²) in [4.78, 5) is 14.2. The molecule has 1 rings (SSSR count). The van der Waals surface area contributed by atoms with Gasteiger partial charge in [-0.15, -0.1) is 0 Å². The Kier molecular flexibility index (Phi) is 5.34. The number of hydrogen-bond donors (Lipinski definition) is 1. The molecule has 1 heterocycles. The molecule has 0 bridgehead atoms. The lowest BCUT2D eigenvalue weighted by Gasteiger charge is -2.29. The molecule has 0 aliphatic rings. The van der Waals surface area contributed by atoms with E-state index in [0.717, 1.165) is 18.5 Å². The lowest BCUT2D eigenvalue weighted by Crippen LogP contribution is -2.41. The third-order valence-electron chi connectivity index (χ3n) is 3.45. The van der Waals surface area contributed by atoms with E-state index in [9.17, 15) is 4.79 Å². The Hall–Kier alpha value is -1.36. The van der Waals surface area contributed by atoms with Crippen molar-refractivity contribution in [1.82, 2.24) is 14.7 Å². The van der Waals surface area contributed by atoms with Crippen molar-refractivity contribution in [2.24, 2.45) is 7.05 Å². The van der Waals surface area contributed by atoms with Gasteiger partial charge in [-0.2, -0.15) is 5.10 Å². The summed E-state index contributed by atoms with van der Waals surface area (Å²) >= 11 is 0. The van der Waals surface area contributed by atoms with Gasteiger partial charge in [-0.25, -0.2) is 0 Å². The minimum atomic E-state index is -0.0386. The fourth-order valence-corrected chi connectivity index (χ4v) is 2.15. The van der Waals surface area contributed by atoms with E-state index in [1.807, 2.05) is 14.0 Å². The average molecular weight is 253 g/mol. The molecule has 0 atom stereocenters. The molecule has 0 fully saturated rings. The van der Waals surface area contributed by atoms with E-state index < -0.39 is 0 Å². The molecule has 1 amide bonds. The van der Waals surface area contributed by atoms with Crippen LogP contribution >= 0.6 is 0 Å². The Morgan fingerprint density at radius 2 is 2.11 bits per heavy atom. The molecule has 18 heavy (non-hydrogen) atoms. The predicted octanol–water partition coefficient (Wildman–Crippen LogP) is 1.35. The minimum absolute atomic E-state index is 0.0124. The van der Waals surface area contributed by atoms with E-state index in [1.165, 1.54) is 0 Å². The van der Waals surface area contributed by atoms with Gasteiger partial charge in [0.1, 0.15) is 0 Å². The van der Waals surface area contributed by atoms with Crippen LogP contribution in [0.2, 0.25) is 0 Å². The second kappa shape index (κ2) is 6.54. The topological polar surface area (TPSA) is 58.4 Å². The lowest BCUT2D eigenvalue weighted by molar-refractivity contribution is 0.0621. The maximum absolute atomic E-state index is 12.5. The number of rotatable bonds is 6. The Morgan fingerprint density at radius 1 is 1.50 bits per heavy atom. The van der Waals surface area contributed by atoms with Gasteiger partial charge in [-0.1, -0.05) is 13.8 Å². The quantitative estimate of drug-likeness (QED) is 0.832. The standard InChI is InChI=1S/C13H23N3O2/c1-5-11(6-2)16(7-8-17)13(18)12-9-14-15(4)10(12)3/h9,11,17H,5-8H2,1-4H3. The largest absolute Gasteiger partial charge is 0.395 e. The molecule has 0 aliphatic carbocycles.